The fourth-order valence-electron chi connectivity index (χ4n) is 1.25. The molecule has 1 rings (SSSR count). The maximum absolute atomic E-state index is 6.13. The molecular weight excluding hydrogens is 286 g/mol. The van der Waals surface area contributed by atoms with Gasteiger partial charge in [0.2, 0.25) is 0 Å². The molecule has 0 spiro atoms. The SMILES string of the molecule is CC(NCc1cc(Br)ccc1Cl)C(C)(C)C. The van der Waals surface area contributed by atoms with Gasteiger partial charge in [0.15, 0.2) is 0 Å². The number of rotatable bonds is 3. The van der Waals surface area contributed by atoms with Crippen LogP contribution in [0.1, 0.15) is 33.3 Å². The zero-order valence-electron chi connectivity index (χ0n) is 10.3. The van der Waals surface area contributed by atoms with Crippen LogP contribution < -0.4 is 5.32 Å². The van der Waals surface area contributed by atoms with Crippen LogP contribution in [0.25, 0.3) is 0 Å². The summed E-state index contributed by atoms with van der Waals surface area (Å²) in [5.74, 6) is 0. The van der Waals surface area contributed by atoms with E-state index in [1.165, 1.54) is 0 Å². The summed E-state index contributed by atoms with van der Waals surface area (Å²) in [4.78, 5) is 0. The van der Waals surface area contributed by atoms with Crippen molar-refractivity contribution in [2.45, 2.75) is 40.3 Å². The minimum Gasteiger partial charge on any atom is -0.310 e. The second-order valence-corrected chi connectivity index (χ2v) is 6.53. The molecule has 1 aromatic carbocycles. The fraction of sp³-hybridized carbons (Fsp3) is 0.538. The molecule has 0 fully saturated rings. The first-order valence-corrected chi connectivity index (χ1v) is 6.65. The number of nitrogens with one attached hydrogen (secondary N) is 1. The predicted molar refractivity (Wildman–Crippen MR) is 74.9 cm³/mol. The highest BCUT2D eigenvalue weighted by Crippen LogP contribution is 2.23. The molecule has 0 bridgehead atoms. The van der Waals surface area contributed by atoms with E-state index in [2.05, 4.69) is 55.0 Å². The summed E-state index contributed by atoms with van der Waals surface area (Å²) in [6, 6.07) is 6.39. The van der Waals surface area contributed by atoms with Crippen LogP contribution in [0, 0.1) is 5.41 Å². The van der Waals surface area contributed by atoms with E-state index < -0.39 is 0 Å². The van der Waals surface area contributed by atoms with Crippen molar-refractivity contribution >= 4 is 27.5 Å². The number of hydrogen-bond donors (Lipinski definition) is 1. The lowest BCUT2D eigenvalue weighted by molar-refractivity contribution is 0.285. The van der Waals surface area contributed by atoms with Gasteiger partial charge >= 0.3 is 0 Å². The molecule has 0 saturated carbocycles. The quantitative estimate of drug-likeness (QED) is 0.858. The Kier molecular flexibility index (Phi) is 4.84. The summed E-state index contributed by atoms with van der Waals surface area (Å²) in [6.45, 7) is 9.69. The first-order chi connectivity index (χ1) is 7.30. The van der Waals surface area contributed by atoms with Crippen LogP contribution in [-0.2, 0) is 6.54 Å². The zero-order chi connectivity index (χ0) is 12.3. The summed E-state index contributed by atoms with van der Waals surface area (Å²) in [5.41, 5.74) is 1.39. The molecule has 0 aliphatic carbocycles. The molecule has 16 heavy (non-hydrogen) atoms. The van der Waals surface area contributed by atoms with E-state index in [0.717, 1.165) is 21.6 Å². The van der Waals surface area contributed by atoms with Crippen LogP contribution in [0.15, 0.2) is 22.7 Å². The Balaban J connectivity index is 2.64. The molecule has 1 unspecified atom stereocenters. The molecule has 0 radical (unpaired) electrons. The molecular formula is C13H19BrClN. The molecule has 90 valence electrons. The number of halogens is 2. The summed E-state index contributed by atoms with van der Waals surface area (Å²) in [7, 11) is 0. The normalized spacial score (nSPS) is 13.9. The molecule has 0 heterocycles. The smallest absolute Gasteiger partial charge is 0.0451 e. The van der Waals surface area contributed by atoms with Gasteiger partial charge in [-0.05, 0) is 36.1 Å². The van der Waals surface area contributed by atoms with Gasteiger partial charge in [-0.25, -0.2) is 0 Å². The van der Waals surface area contributed by atoms with Gasteiger partial charge < -0.3 is 5.32 Å². The molecule has 0 aliphatic heterocycles. The van der Waals surface area contributed by atoms with Crippen molar-refractivity contribution in [3.8, 4) is 0 Å². The summed E-state index contributed by atoms with van der Waals surface area (Å²) in [6.07, 6.45) is 0. The topological polar surface area (TPSA) is 12.0 Å². The highest BCUT2D eigenvalue weighted by Gasteiger charge is 2.19. The third kappa shape index (κ3) is 4.08. The van der Waals surface area contributed by atoms with Crippen LogP contribution in [0.5, 0.6) is 0 Å². The van der Waals surface area contributed by atoms with Gasteiger partial charge in [-0.15, -0.1) is 0 Å². The summed E-state index contributed by atoms with van der Waals surface area (Å²) in [5, 5.41) is 4.32. The Morgan fingerprint density at radius 1 is 1.38 bits per heavy atom. The third-order valence-corrected chi connectivity index (χ3v) is 3.77. The lowest BCUT2D eigenvalue weighted by atomic mass is 9.88. The average molecular weight is 305 g/mol. The van der Waals surface area contributed by atoms with Crippen molar-refractivity contribution in [3.63, 3.8) is 0 Å². The Hall–Kier alpha value is -0.0500. The Morgan fingerprint density at radius 2 is 2.00 bits per heavy atom. The highest BCUT2D eigenvalue weighted by atomic mass is 79.9. The summed E-state index contributed by atoms with van der Waals surface area (Å²) < 4.78 is 1.07. The van der Waals surface area contributed by atoms with E-state index in [9.17, 15) is 0 Å². The van der Waals surface area contributed by atoms with Gasteiger partial charge in [0.1, 0.15) is 0 Å². The Morgan fingerprint density at radius 3 is 2.56 bits per heavy atom. The first-order valence-electron chi connectivity index (χ1n) is 5.48. The Labute approximate surface area is 112 Å². The van der Waals surface area contributed by atoms with E-state index >= 15 is 0 Å². The maximum Gasteiger partial charge on any atom is 0.0451 e. The van der Waals surface area contributed by atoms with Crippen molar-refractivity contribution < 1.29 is 0 Å². The largest absolute Gasteiger partial charge is 0.310 e. The highest BCUT2D eigenvalue weighted by molar-refractivity contribution is 9.10. The van der Waals surface area contributed by atoms with E-state index in [-0.39, 0.29) is 5.41 Å². The average Bonchev–Trinajstić information content (AvgIpc) is 2.17. The Bertz CT molecular complexity index is 357. The van der Waals surface area contributed by atoms with Crippen molar-refractivity contribution in [1.82, 2.24) is 5.32 Å². The minimum atomic E-state index is 0.262. The second kappa shape index (κ2) is 5.52. The monoisotopic (exact) mass is 303 g/mol. The lowest BCUT2D eigenvalue weighted by Gasteiger charge is -2.28. The maximum atomic E-state index is 6.13. The molecule has 0 amide bonds. The van der Waals surface area contributed by atoms with Gasteiger partial charge in [0, 0.05) is 22.1 Å². The van der Waals surface area contributed by atoms with E-state index in [0.29, 0.717) is 6.04 Å². The number of benzene rings is 1. The molecule has 1 N–H and O–H groups in total. The predicted octanol–water partition coefficient (Wildman–Crippen LogP) is 4.63. The van der Waals surface area contributed by atoms with Gasteiger partial charge in [0.25, 0.3) is 0 Å². The van der Waals surface area contributed by atoms with E-state index in [1.807, 2.05) is 12.1 Å². The van der Waals surface area contributed by atoms with Crippen LogP contribution >= 0.6 is 27.5 Å². The molecule has 1 atom stereocenters. The second-order valence-electron chi connectivity index (χ2n) is 5.20. The molecule has 3 heteroatoms. The van der Waals surface area contributed by atoms with Crippen LogP contribution in [0.2, 0.25) is 5.02 Å². The molecule has 0 aromatic heterocycles. The fourth-order valence-corrected chi connectivity index (χ4v) is 1.84. The van der Waals surface area contributed by atoms with Gasteiger partial charge in [-0.2, -0.15) is 0 Å². The van der Waals surface area contributed by atoms with E-state index in [1.54, 1.807) is 0 Å². The van der Waals surface area contributed by atoms with Gasteiger partial charge in [-0.3, -0.25) is 0 Å². The van der Waals surface area contributed by atoms with Crippen molar-refractivity contribution in [2.75, 3.05) is 0 Å². The molecule has 1 nitrogen and oxygen atoms in total. The standard InChI is InChI=1S/C13H19BrClN/c1-9(13(2,3)4)16-8-10-7-11(14)5-6-12(10)15/h5-7,9,16H,8H2,1-4H3. The van der Waals surface area contributed by atoms with Crippen molar-refractivity contribution in [3.05, 3.63) is 33.3 Å². The van der Waals surface area contributed by atoms with Gasteiger partial charge in [0.05, 0.1) is 0 Å². The molecule has 0 saturated heterocycles. The van der Waals surface area contributed by atoms with Crippen LogP contribution in [-0.4, -0.2) is 6.04 Å². The van der Waals surface area contributed by atoms with Crippen molar-refractivity contribution in [2.24, 2.45) is 5.41 Å². The molecule has 0 aliphatic rings. The number of hydrogen-bond acceptors (Lipinski definition) is 1. The first kappa shape index (κ1) is 14.0. The van der Waals surface area contributed by atoms with Crippen molar-refractivity contribution in [1.29, 1.82) is 0 Å². The third-order valence-electron chi connectivity index (χ3n) is 2.91. The summed E-state index contributed by atoms with van der Waals surface area (Å²) >= 11 is 9.59. The zero-order valence-corrected chi connectivity index (χ0v) is 12.6. The van der Waals surface area contributed by atoms with Gasteiger partial charge in [-0.1, -0.05) is 48.3 Å². The van der Waals surface area contributed by atoms with Crippen LogP contribution in [0.4, 0.5) is 0 Å². The molecule has 1 aromatic rings. The van der Waals surface area contributed by atoms with E-state index in [4.69, 9.17) is 11.6 Å². The lowest BCUT2D eigenvalue weighted by Crippen LogP contribution is -2.37. The minimum absolute atomic E-state index is 0.262. The van der Waals surface area contributed by atoms with Crippen LogP contribution in [0.3, 0.4) is 0 Å².